The first kappa shape index (κ1) is 10.5. The average Bonchev–Trinajstić information content (AvgIpc) is 2.93. The van der Waals surface area contributed by atoms with Crippen molar-refractivity contribution in [3.8, 4) is 0 Å². The lowest BCUT2D eigenvalue weighted by Crippen LogP contribution is -2.37. The molecule has 0 atom stereocenters. The lowest BCUT2D eigenvalue weighted by molar-refractivity contribution is -0.135. The predicted octanol–water partition coefficient (Wildman–Crippen LogP) is 0.854. The summed E-state index contributed by atoms with van der Waals surface area (Å²) < 4.78 is 0. The molecule has 3 nitrogen and oxygen atoms in total. The van der Waals surface area contributed by atoms with Crippen LogP contribution in [-0.2, 0) is 4.79 Å². The number of likely N-dealkylation sites (N-methyl/N-ethyl adjacent to an activating group) is 2. The van der Waals surface area contributed by atoms with Gasteiger partial charge in [0, 0.05) is 25.6 Å². The Bertz CT molecular complexity index is 187. The van der Waals surface area contributed by atoms with E-state index in [4.69, 9.17) is 0 Å². The summed E-state index contributed by atoms with van der Waals surface area (Å²) in [4.78, 5) is 13.7. The zero-order valence-electron chi connectivity index (χ0n) is 8.89. The maximum absolute atomic E-state index is 11.9. The molecule has 1 saturated carbocycles. The molecule has 0 heterocycles. The smallest absolute Gasteiger partial charge is 0.228 e. The van der Waals surface area contributed by atoms with Gasteiger partial charge in [0.25, 0.3) is 0 Å². The molecule has 0 aromatic rings. The Labute approximate surface area is 80.5 Å². The second-order valence-corrected chi connectivity index (χ2v) is 3.96. The van der Waals surface area contributed by atoms with E-state index in [-0.39, 0.29) is 5.41 Å². The van der Waals surface area contributed by atoms with Gasteiger partial charge in [0.1, 0.15) is 0 Å². The number of amides is 1. The van der Waals surface area contributed by atoms with Crippen LogP contribution in [0.2, 0.25) is 0 Å². The van der Waals surface area contributed by atoms with Gasteiger partial charge in [0.15, 0.2) is 0 Å². The largest absolute Gasteiger partial charge is 0.344 e. The van der Waals surface area contributed by atoms with Crippen molar-refractivity contribution in [1.29, 1.82) is 0 Å². The summed E-state index contributed by atoms with van der Waals surface area (Å²) in [5.41, 5.74) is 0.0302. The monoisotopic (exact) mass is 184 g/mol. The molecule has 0 aliphatic heterocycles. The van der Waals surface area contributed by atoms with Gasteiger partial charge in [-0.1, -0.05) is 6.92 Å². The van der Waals surface area contributed by atoms with Gasteiger partial charge in [-0.3, -0.25) is 4.79 Å². The van der Waals surface area contributed by atoms with E-state index >= 15 is 0 Å². The van der Waals surface area contributed by atoms with Gasteiger partial charge in [-0.05, 0) is 26.3 Å². The van der Waals surface area contributed by atoms with E-state index < -0.39 is 0 Å². The Morgan fingerprint density at radius 3 is 2.54 bits per heavy atom. The van der Waals surface area contributed by atoms with E-state index in [1.807, 2.05) is 19.0 Å². The Balaban J connectivity index is 2.38. The summed E-state index contributed by atoms with van der Waals surface area (Å²) in [6, 6.07) is 0. The van der Waals surface area contributed by atoms with Crippen molar-refractivity contribution in [3.05, 3.63) is 0 Å². The Morgan fingerprint density at radius 1 is 1.54 bits per heavy atom. The molecule has 0 aromatic carbocycles. The molecule has 1 aliphatic rings. The highest BCUT2D eigenvalue weighted by molar-refractivity contribution is 5.85. The minimum atomic E-state index is 0.0302. The zero-order chi connectivity index (χ0) is 9.90. The van der Waals surface area contributed by atoms with Crippen molar-refractivity contribution in [3.63, 3.8) is 0 Å². The molecule has 1 aliphatic carbocycles. The van der Waals surface area contributed by atoms with Crippen molar-refractivity contribution in [2.75, 3.05) is 27.2 Å². The molecule has 0 saturated heterocycles. The van der Waals surface area contributed by atoms with Crippen LogP contribution in [0.3, 0.4) is 0 Å². The van der Waals surface area contributed by atoms with Crippen molar-refractivity contribution in [2.45, 2.75) is 26.2 Å². The van der Waals surface area contributed by atoms with Crippen molar-refractivity contribution in [2.24, 2.45) is 5.41 Å². The highest BCUT2D eigenvalue weighted by Crippen LogP contribution is 2.49. The van der Waals surface area contributed by atoms with Gasteiger partial charge in [-0.15, -0.1) is 0 Å². The topological polar surface area (TPSA) is 32.3 Å². The summed E-state index contributed by atoms with van der Waals surface area (Å²) >= 11 is 0. The fourth-order valence-corrected chi connectivity index (χ4v) is 1.66. The number of hydrogen-bond donors (Lipinski definition) is 1. The first-order chi connectivity index (χ1) is 6.16. The molecule has 76 valence electrons. The fourth-order valence-electron chi connectivity index (χ4n) is 1.66. The van der Waals surface area contributed by atoms with Crippen LogP contribution in [0.5, 0.6) is 0 Å². The van der Waals surface area contributed by atoms with E-state index in [0.29, 0.717) is 5.91 Å². The summed E-state index contributed by atoms with van der Waals surface area (Å²) in [5.74, 6) is 0.338. The predicted molar refractivity (Wildman–Crippen MR) is 53.5 cm³/mol. The third-order valence-corrected chi connectivity index (χ3v) is 3.03. The third kappa shape index (κ3) is 2.21. The first-order valence-electron chi connectivity index (χ1n) is 5.06. The Hall–Kier alpha value is -0.570. The lowest BCUT2D eigenvalue weighted by atomic mass is 10.0. The van der Waals surface area contributed by atoms with Crippen LogP contribution in [0, 0.1) is 5.41 Å². The molecule has 0 spiro atoms. The highest BCUT2D eigenvalue weighted by atomic mass is 16.2. The van der Waals surface area contributed by atoms with E-state index in [2.05, 4.69) is 12.2 Å². The average molecular weight is 184 g/mol. The van der Waals surface area contributed by atoms with Crippen LogP contribution < -0.4 is 5.32 Å². The van der Waals surface area contributed by atoms with Crippen LogP contribution in [0.25, 0.3) is 0 Å². The SMILES string of the molecule is CCC1(C(=O)N(C)CCNC)CC1. The van der Waals surface area contributed by atoms with Gasteiger partial charge >= 0.3 is 0 Å². The number of carbonyl (C=O) groups is 1. The minimum Gasteiger partial charge on any atom is -0.344 e. The standard InChI is InChI=1S/C10H20N2O/c1-4-10(5-6-10)9(13)12(3)8-7-11-2/h11H,4-8H2,1-3H3. The molecular formula is C10H20N2O. The second kappa shape index (κ2) is 4.09. The summed E-state index contributed by atoms with van der Waals surface area (Å²) in [5, 5.41) is 3.05. The molecule has 0 aromatic heterocycles. The van der Waals surface area contributed by atoms with Crippen LogP contribution in [0.15, 0.2) is 0 Å². The molecular weight excluding hydrogens is 164 g/mol. The second-order valence-electron chi connectivity index (χ2n) is 3.96. The maximum Gasteiger partial charge on any atom is 0.228 e. The molecule has 13 heavy (non-hydrogen) atoms. The molecule has 0 unspecified atom stereocenters. The van der Waals surface area contributed by atoms with E-state index in [0.717, 1.165) is 32.4 Å². The number of nitrogens with zero attached hydrogens (tertiary/aromatic N) is 1. The molecule has 0 radical (unpaired) electrons. The van der Waals surface area contributed by atoms with Crippen molar-refractivity contribution in [1.82, 2.24) is 10.2 Å². The quantitative estimate of drug-likeness (QED) is 0.687. The van der Waals surface area contributed by atoms with E-state index in [9.17, 15) is 4.79 Å². The molecule has 0 bridgehead atoms. The Kier molecular flexibility index (Phi) is 3.31. The maximum atomic E-state index is 11.9. The fraction of sp³-hybridized carbons (Fsp3) is 0.900. The first-order valence-corrected chi connectivity index (χ1v) is 5.06. The van der Waals surface area contributed by atoms with Gasteiger partial charge in [-0.25, -0.2) is 0 Å². The van der Waals surface area contributed by atoms with Crippen LogP contribution in [0.4, 0.5) is 0 Å². The minimum absolute atomic E-state index is 0.0302. The highest BCUT2D eigenvalue weighted by Gasteiger charge is 2.49. The van der Waals surface area contributed by atoms with Gasteiger partial charge in [0.2, 0.25) is 5.91 Å². The molecule has 1 N–H and O–H groups in total. The number of nitrogens with one attached hydrogen (secondary N) is 1. The van der Waals surface area contributed by atoms with Crippen molar-refractivity contribution < 1.29 is 4.79 Å². The van der Waals surface area contributed by atoms with Gasteiger partial charge in [-0.2, -0.15) is 0 Å². The lowest BCUT2D eigenvalue weighted by Gasteiger charge is -2.22. The van der Waals surface area contributed by atoms with Gasteiger partial charge in [0.05, 0.1) is 0 Å². The number of hydrogen-bond acceptors (Lipinski definition) is 2. The van der Waals surface area contributed by atoms with Gasteiger partial charge < -0.3 is 10.2 Å². The Morgan fingerprint density at radius 2 is 2.15 bits per heavy atom. The molecule has 3 heteroatoms. The zero-order valence-corrected chi connectivity index (χ0v) is 8.89. The van der Waals surface area contributed by atoms with Crippen LogP contribution in [0.1, 0.15) is 26.2 Å². The van der Waals surface area contributed by atoms with E-state index in [1.165, 1.54) is 0 Å². The number of rotatable bonds is 5. The van der Waals surface area contributed by atoms with Crippen molar-refractivity contribution >= 4 is 5.91 Å². The van der Waals surface area contributed by atoms with Crippen LogP contribution in [-0.4, -0.2) is 38.0 Å². The molecule has 1 fully saturated rings. The third-order valence-electron chi connectivity index (χ3n) is 3.03. The summed E-state index contributed by atoms with van der Waals surface area (Å²) in [7, 11) is 3.81. The molecule has 1 amide bonds. The van der Waals surface area contributed by atoms with E-state index in [1.54, 1.807) is 0 Å². The summed E-state index contributed by atoms with van der Waals surface area (Å²) in [6.07, 6.45) is 3.17. The summed E-state index contributed by atoms with van der Waals surface area (Å²) in [6.45, 7) is 3.80. The number of carbonyl (C=O) groups excluding carboxylic acids is 1. The molecule has 1 rings (SSSR count). The normalized spacial score (nSPS) is 18.4. The van der Waals surface area contributed by atoms with Crippen LogP contribution >= 0.6 is 0 Å².